The van der Waals surface area contributed by atoms with Gasteiger partial charge in [0.2, 0.25) is 0 Å². The second-order valence-corrected chi connectivity index (χ2v) is 5.50. The minimum atomic E-state index is 0.306. The van der Waals surface area contributed by atoms with Crippen molar-refractivity contribution in [2.24, 2.45) is 5.92 Å². The average Bonchev–Trinajstić information content (AvgIpc) is 2.96. The van der Waals surface area contributed by atoms with E-state index in [-0.39, 0.29) is 0 Å². The third kappa shape index (κ3) is 4.08. The Bertz CT molecular complexity index is 331. The minimum absolute atomic E-state index is 0.306. The molecule has 0 radical (unpaired) electrons. The molecule has 1 N–H and O–H groups in total. The summed E-state index contributed by atoms with van der Waals surface area (Å²) in [6.45, 7) is 2.88. The first kappa shape index (κ1) is 14.6. The molecule has 1 aromatic rings. The van der Waals surface area contributed by atoms with Crippen LogP contribution in [-0.4, -0.2) is 25.8 Å². The maximum Gasteiger partial charge on any atom is 0.105 e. The zero-order valence-electron chi connectivity index (χ0n) is 12.2. The zero-order chi connectivity index (χ0) is 13.5. The molecule has 0 spiro atoms. The predicted molar refractivity (Wildman–Crippen MR) is 77.2 cm³/mol. The van der Waals surface area contributed by atoms with E-state index in [2.05, 4.69) is 12.2 Å². The van der Waals surface area contributed by atoms with Crippen molar-refractivity contribution in [1.82, 2.24) is 5.32 Å². The van der Waals surface area contributed by atoms with Gasteiger partial charge in [0.05, 0.1) is 12.4 Å². The Morgan fingerprint density at radius 1 is 1.37 bits per heavy atom. The molecule has 0 amide bonds. The monoisotopic (exact) mass is 265 g/mol. The van der Waals surface area contributed by atoms with E-state index in [0.717, 1.165) is 18.8 Å². The fourth-order valence-electron chi connectivity index (χ4n) is 3.26. The van der Waals surface area contributed by atoms with Crippen molar-refractivity contribution in [2.75, 3.05) is 13.7 Å². The molecule has 0 aliphatic heterocycles. The first-order valence-corrected chi connectivity index (χ1v) is 7.66. The van der Waals surface area contributed by atoms with Crippen molar-refractivity contribution >= 4 is 0 Å². The second kappa shape index (κ2) is 7.71. The number of nitrogens with one attached hydrogen (secondary N) is 1. The van der Waals surface area contributed by atoms with Crippen molar-refractivity contribution in [2.45, 2.75) is 57.6 Å². The summed E-state index contributed by atoms with van der Waals surface area (Å²) in [4.78, 5) is 0. The number of ether oxygens (including phenoxy) is 1. The first-order chi connectivity index (χ1) is 9.35. The highest BCUT2D eigenvalue weighted by atomic mass is 16.5. The number of furan rings is 1. The van der Waals surface area contributed by atoms with Crippen LogP contribution in [0.5, 0.6) is 0 Å². The van der Waals surface area contributed by atoms with Crippen LogP contribution in [0.2, 0.25) is 0 Å². The van der Waals surface area contributed by atoms with Gasteiger partial charge in [0.25, 0.3) is 0 Å². The summed E-state index contributed by atoms with van der Waals surface area (Å²) < 4.78 is 11.6. The van der Waals surface area contributed by atoms with Crippen LogP contribution >= 0.6 is 0 Å². The van der Waals surface area contributed by atoms with Crippen LogP contribution in [0.15, 0.2) is 22.8 Å². The van der Waals surface area contributed by atoms with Crippen LogP contribution in [0.3, 0.4) is 0 Å². The van der Waals surface area contributed by atoms with E-state index in [0.29, 0.717) is 18.1 Å². The summed E-state index contributed by atoms with van der Waals surface area (Å²) in [6.07, 6.45) is 9.67. The Kier molecular flexibility index (Phi) is 5.93. The Balaban J connectivity index is 2.01. The molecule has 108 valence electrons. The summed E-state index contributed by atoms with van der Waals surface area (Å²) >= 11 is 0. The summed E-state index contributed by atoms with van der Waals surface area (Å²) in [6, 6.07) is 4.35. The molecule has 0 saturated heterocycles. The Morgan fingerprint density at radius 3 is 2.74 bits per heavy atom. The lowest BCUT2D eigenvalue weighted by Gasteiger charge is -2.35. The van der Waals surface area contributed by atoms with E-state index >= 15 is 0 Å². The van der Waals surface area contributed by atoms with Gasteiger partial charge in [0.1, 0.15) is 5.76 Å². The molecule has 0 aromatic carbocycles. The van der Waals surface area contributed by atoms with Gasteiger partial charge in [-0.1, -0.05) is 19.3 Å². The Labute approximate surface area is 116 Å². The molecule has 2 unspecified atom stereocenters. The normalized spacial score (nSPS) is 20.3. The van der Waals surface area contributed by atoms with Gasteiger partial charge in [-0.2, -0.15) is 0 Å². The molecule has 1 aliphatic carbocycles. The van der Waals surface area contributed by atoms with Crippen molar-refractivity contribution in [3.8, 4) is 0 Å². The van der Waals surface area contributed by atoms with Gasteiger partial charge < -0.3 is 14.5 Å². The standard InChI is InChI=1S/C16H27NO2/c1-3-18-16(13-8-5-4-6-9-13)15(17-2)12-14-10-7-11-19-14/h7,10-11,13,15-17H,3-6,8-9,12H2,1-2H3. The van der Waals surface area contributed by atoms with E-state index in [1.54, 1.807) is 6.26 Å². The maximum atomic E-state index is 6.08. The molecule has 2 rings (SSSR count). The molecule has 1 saturated carbocycles. The first-order valence-electron chi connectivity index (χ1n) is 7.66. The van der Waals surface area contributed by atoms with Gasteiger partial charge in [0.15, 0.2) is 0 Å². The Morgan fingerprint density at radius 2 is 2.16 bits per heavy atom. The van der Waals surface area contributed by atoms with Crippen LogP contribution in [0.1, 0.15) is 44.8 Å². The van der Waals surface area contributed by atoms with Crippen LogP contribution in [-0.2, 0) is 11.2 Å². The number of likely N-dealkylation sites (N-methyl/N-ethyl adjacent to an activating group) is 1. The fourth-order valence-corrected chi connectivity index (χ4v) is 3.26. The van der Waals surface area contributed by atoms with Crippen LogP contribution in [0.4, 0.5) is 0 Å². The summed E-state index contributed by atoms with van der Waals surface area (Å²) in [5.41, 5.74) is 0. The lowest BCUT2D eigenvalue weighted by molar-refractivity contribution is -0.0168. The Hall–Kier alpha value is -0.800. The molecule has 3 nitrogen and oxygen atoms in total. The third-order valence-corrected chi connectivity index (χ3v) is 4.24. The van der Waals surface area contributed by atoms with Crippen LogP contribution < -0.4 is 5.32 Å². The fraction of sp³-hybridized carbons (Fsp3) is 0.750. The van der Waals surface area contributed by atoms with E-state index in [9.17, 15) is 0 Å². The number of rotatable bonds is 7. The number of hydrogen-bond donors (Lipinski definition) is 1. The molecule has 0 bridgehead atoms. The third-order valence-electron chi connectivity index (χ3n) is 4.24. The largest absolute Gasteiger partial charge is 0.469 e. The molecular weight excluding hydrogens is 238 g/mol. The highest BCUT2D eigenvalue weighted by molar-refractivity contribution is 5.02. The van der Waals surface area contributed by atoms with Crippen molar-refractivity contribution in [3.05, 3.63) is 24.2 Å². The molecule has 3 heteroatoms. The van der Waals surface area contributed by atoms with Crippen molar-refractivity contribution in [1.29, 1.82) is 0 Å². The van der Waals surface area contributed by atoms with Gasteiger partial charge in [-0.15, -0.1) is 0 Å². The van der Waals surface area contributed by atoms with E-state index in [1.807, 2.05) is 19.2 Å². The number of hydrogen-bond acceptors (Lipinski definition) is 3. The van der Waals surface area contributed by atoms with Crippen molar-refractivity contribution < 1.29 is 9.15 Å². The summed E-state index contributed by atoms with van der Waals surface area (Å²) in [7, 11) is 2.03. The molecule has 2 atom stereocenters. The summed E-state index contributed by atoms with van der Waals surface area (Å²) in [5.74, 6) is 1.74. The molecule has 19 heavy (non-hydrogen) atoms. The molecule has 1 aliphatic rings. The second-order valence-electron chi connectivity index (χ2n) is 5.50. The van der Waals surface area contributed by atoms with E-state index in [1.165, 1.54) is 32.1 Å². The maximum absolute atomic E-state index is 6.08. The highest BCUT2D eigenvalue weighted by Crippen LogP contribution is 2.30. The molecule has 1 aromatic heterocycles. The predicted octanol–water partition coefficient (Wildman–Crippen LogP) is 3.40. The summed E-state index contributed by atoms with van der Waals surface area (Å²) in [5, 5.41) is 3.44. The smallest absolute Gasteiger partial charge is 0.105 e. The van der Waals surface area contributed by atoms with Crippen LogP contribution in [0, 0.1) is 5.92 Å². The minimum Gasteiger partial charge on any atom is -0.469 e. The molecule has 1 fully saturated rings. The van der Waals surface area contributed by atoms with Crippen LogP contribution in [0.25, 0.3) is 0 Å². The molecule has 1 heterocycles. The highest BCUT2D eigenvalue weighted by Gasteiger charge is 2.30. The molecular formula is C16H27NO2. The van der Waals surface area contributed by atoms with Gasteiger partial charge in [-0.25, -0.2) is 0 Å². The lowest BCUT2D eigenvalue weighted by Crippen LogP contribution is -2.46. The average molecular weight is 265 g/mol. The van der Waals surface area contributed by atoms with Gasteiger partial charge >= 0.3 is 0 Å². The SMILES string of the molecule is CCOC(C1CCCCC1)C(Cc1ccco1)NC. The van der Waals surface area contributed by atoms with E-state index < -0.39 is 0 Å². The van der Waals surface area contributed by atoms with Gasteiger partial charge in [-0.05, 0) is 44.9 Å². The van der Waals surface area contributed by atoms with E-state index in [4.69, 9.17) is 9.15 Å². The topological polar surface area (TPSA) is 34.4 Å². The van der Waals surface area contributed by atoms with Gasteiger partial charge in [-0.3, -0.25) is 0 Å². The lowest BCUT2D eigenvalue weighted by atomic mass is 9.81. The quantitative estimate of drug-likeness (QED) is 0.820. The van der Waals surface area contributed by atoms with Crippen molar-refractivity contribution in [3.63, 3.8) is 0 Å². The van der Waals surface area contributed by atoms with Gasteiger partial charge in [0, 0.05) is 19.1 Å². The zero-order valence-corrected chi connectivity index (χ0v) is 12.2.